The molecule has 0 spiro atoms. The highest BCUT2D eigenvalue weighted by Crippen LogP contribution is 2.17. The lowest BCUT2D eigenvalue weighted by atomic mass is 10.1. The highest BCUT2D eigenvalue weighted by Gasteiger charge is 2.12. The van der Waals surface area contributed by atoms with Crippen molar-refractivity contribution in [1.29, 1.82) is 0 Å². The molecule has 6 heteroatoms. The van der Waals surface area contributed by atoms with Gasteiger partial charge in [-0.1, -0.05) is 24.3 Å². The predicted octanol–water partition coefficient (Wildman–Crippen LogP) is 3.36. The molecule has 28 heavy (non-hydrogen) atoms. The van der Waals surface area contributed by atoms with E-state index in [1.165, 1.54) is 11.0 Å². The van der Waals surface area contributed by atoms with Gasteiger partial charge in [0.2, 0.25) is 11.8 Å². The Kier molecular flexibility index (Phi) is 5.79. The van der Waals surface area contributed by atoms with Crippen molar-refractivity contribution in [3.8, 4) is 0 Å². The molecule has 0 aliphatic heterocycles. The zero-order chi connectivity index (χ0) is 20.1. The Morgan fingerprint density at radius 2 is 1.82 bits per heavy atom. The fraction of sp³-hybridized carbons (Fsp3) is 0.182. The van der Waals surface area contributed by atoms with Crippen molar-refractivity contribution in [3.63, 3.8) is 0 Å². The first-order chi connectivity index (χ1) is 13.4. The molecule has 1 heterocycles. The van der Waals surface area contributed by atoms with Gasteiger partial charge in [0.05, 0.1) is 29.5 Å². The van der Waals surface area contributed by atoms with E-state index in [1.54, 1.807) is 19.3 Å². The van der Waals surface area contributed by atoms with Gasteiger partial charge in [-0.3, -0.25) is 14.6 Å². The molecule has 0 bridgehead atoms. The molecule has 1 N–H and O–H groups in total. The Hall–Kier alpha value is -3.54. The number of carbonyl (C=O) groups is 2. The number of aryl methyl sites for hydroxylation is 1. The first kappa shape index (κ1) is 19.2. The van der Waals surface area contributed by atoms with Crippen molar-refractivity contribution in [2.45, 2.75) is 13.8 Å². The van der Waals surface area contributed by atoms with Crippen LogP contribution in [0.5, 0.6) is 0 Å². The van der Waals surface area contributed by atoms with Crippen LogP contribution in [0, 0.1) is 13.8 Å². The number of benzene rings is 2. The summed E-state index contributed by atoms with van der Waals surface area (Å²) in [6.45, 7) is 3.90. The number of likely N-dealkylation sites (N-methyl/N-ethyl adjacent to an activating group) is 1. The maximum absolute atomic E-state index is 12.3. The Morgan fingerprint density at radius 3 is 2.61 bits per heavy atom. The van der Waals surface area contributed by atoms with E-state index in [2.05, 4.69) is 15.3 Å². The fourth-order valence-electron chi connectivity index (χ4n) is 2.71. The standard InChI is InChI=1S/C22H22N4O2/c1-15-7-6-10-18(16(15)2)25-21(27)14-26(3)22(28)12-11-17-13-23-19-8-4-5-9-20(19)24-17/h4-13H,14H2,1-3H3,(H,25,27)/b12-11+. The number of amides is 2. The zero-order valence-electron chi connectivity index (χ0n) is 16.1. The van der Waals surface area contributed by atoms with Crippen LogP contribution in [0.25, 0.3) is 17.1 Å². The van der Waals surface area contributed by atoms with Crippen LogP contribution in [0.2, 0.25) is 0 Å². The maximum Gasteiger partial charge on any atom is 0.246 e. The lowest BCUT2D eigenvalue weighted by Crippen LogP contribution is -2.34. The van der Waals surface area contributed by atoms with Gasteiger partial charge in [0.25, 0.3) is 0 Å². The molecule has 0 radical (unpaired) electrons. The van der Waals surface area contributed by atoms with E-state index in [4.69, 9.17) is 0 Å². The highest BCUT2D eigenvalue weighted by atomic mass is 16.2. The van der Waals surface area contributed by atoms with Crippen molar-refractivity contribution >= 4 is 34.6 Å². The molecule has 0 saturated heterocycles. The molecule has 0 fully saturated rings. The highest BCUT2D eigenvalue weighted by molar-refractivity contribution is 5.98. The molecule has 2 amide bonds. The quantitative estimate of drug-likeness (QED) is 0.695. The van der Waals surface area contributed by atoms with Crippen molar-refractivity contribution in [2.75, 3.05) is 18.9 Å². The minimum Gasteiger partial charge on any atom is -0.333 e. The van der Waals surface area contributed by atoms with E-state index in [9.17, 15) is 9.59 Å². The summed E-state index contributed by atoms with van der Waals surface area (Å²) in [4.78, 5) is 34.7. The van der Waals surface area contributed by atoms with Crippen LogP contribution >= 0.6 is 0 Å². The van der Waals surface area contributed by atoms with Crippen LogP contribution in [0.4, 0.5) is 5.69 Å². The Morgan fingerprint density at radius 1 is 1.07 bits per heavy atom. The number of anilines is 1. The van der Waals surface area contributed by atoms with Gasteiger partial charge in [0.15, 0.2) is 0 Å². The normalized spacial score (nSPS) is 11.0. The molecule has 142 valence electrons. The summed E-state index contributed by atoms with van der Waals surface area (Å²) in [6.07, 6.45) is 4.60. The van der Waals surface area contributed by atoms with Gasteiger partial charge >= 0.3 is 0 Å². The van der Waals surface area contributed by atoms with E-state index in [0.29, 0.717) is 5.69 Å². The van der Waals surface area contributed by atoms with E-state index in [-0.39, 0.29) is 18.4 Å². The van der Waals surface area contributed by atoms with Crippen molar-refractivity contribution in [3.05, 3.63) is 71.6 Å². The third-order valence-electron chi connectivity index (χ3n) is 4.50. The van der Waals surface area contributed by atoms with Gasteiger partial charge in [-0.05, 0) is 49.2 Å². The minimum atomic E-state index is -0.286. The Bertz CT molecular complexity index is 1060. The monoisotopic (exact) mass is 374 g/mol. The van der Waals surface area contributed by atoms with Crippen molar-refractivity contribution in [2.24, 2.45) is 0 Å². The van der Waals surface area contributed by atoms with E-state index in [1.807, 2.05) is 56.3 Å². The Balaban J connectivity index is 1.60. The first-order valence-corrected chi connectivity index (χ1v) is 8.95. The van der Waals surface area contributed by atoms with Crippen LogP contribution in [0.3, 0.4) is 0 Å². The topological polar surface area (TPSA) is 75.2 Å². The number of hydrogen-bond acceptors (Lipinski definition) is 4. The average molecular weight is 374 g/mol. The number of nitrogens with one attached hydrogen (secondary N) is 1. The summed E-state index contributed by atoms with van der Waals surface area (Å²) in [5.41, 5.74) is 5.01. The molecule has 2 aromatic carbocycles. The van der Waals surface area contributed by atoms with Crippen LogP contribution in [0.15, 0.2) is 54.7 Å². The van der Waals surface area contributed by atoms with Crippen molar-refractivity contribution < 1.29 is 9.59 Å². The summed E-state index contributed by atoms with van der Waals surface area (Å²) in [6, 6.07) is 13.3. The largest absolute Gasteiger partial charge is 0.333 e. The fourth-order valence-corrected chi connectivity index (χ4v) is 2.71. The second kappa shape index (κ2) is 8.43. The van der Waals surface area contributed by atoms with E-state index >= 15 is 0 Å². The van der Waals surface area contributed by atoms with Gasteiger partial charge in [-0.2, -0.15) is 0 Å². The molecule has 1 aromatic heterocycles. The van der Waals surface area contributed by atoms with Crippen molar-refractivity contribution in [1.82, 2.24) is 14.9 Å². The molecule has 3 aromatic rings. The average Bonchev–Trinajstić information content (AvgIpc) is 2.69. The number of fused-ring (bicyclic) bond motifs is 1. The molecule has 0 atom stereocenters. The molecule has 0 saturated carbocycles. The second-order valence-corrected chi connectivity index (χ2v) is 6.61. The molecule has 0 aliphatic carbocycles. The van der Waals surface area contributed by atoms with Crippen LogP contribution in [0.1, 0.15) is 16.8 Å². The summed E-state index contributed by atoms with van der Waals surface area (Å²) in [5, 5.41) is 2.85. The molecular weight excluding hydrogens is 352 g/mol. The molecular formula is C22H22N4O2. The number of hydrogen-bond donors (Lipinski definition) is 1. The summed E-state index contributed by atoms with van der Waals surface area (Å²) < 4.78 is 0. The number of rotatable bonds is 5. The SMILES string of the molecule is Cc1cccc(NC(=O)CN(C)C(=O)/C=C/c2cnc3ccccc3n2)c1C. The van der Waals surface area contributed by atoms with Gasteiger partial charge < -0.3 is 10.2 Å². The summed E-state index contributed by atoms with van der Waals surface area (Å²) >= 11 is 0. The summed E-state index contributed by atoms with van der Waals surface area (Å²) in [5.74, 6) is -0.533. The van der Waals surface area contributed by atoms with Gasteiger partial charge in [-0.25, -0.2) is 4.98 Å². The third-order valence-corrected chi connectivity index (χ3v) is 4.50. The number of para-hydroxylation sites is 2. The molecule has 6 nitrogen and oxygen atoms in total. The maximum atomic E-state index is 12.3. The molecule has 0 aliphatic rings. The van der Waals surface area contributed by atoms with Gasteiger partial charge in [-0.15, -0.1) is 0 Å². The summed E-state index contributed by atoms with van der Waals surface area (Å²) in [7, 11) is 1.58. The molecule has 3 rings (SSSR count). The predicted molar refractivity (Wildman–Crippen MR) is 111 cm³/mol. The van der Waals surface area contributed by atoms with Crippen LogP contribution in [-0.4, -0.2) is 40.3 Å². The first-order valence-electron chi connectivity index (χ1n) is 8.95. The van der Waals surface area contributed by atoms with Crippen LogP contribution in [-0.2, 0) is 9.59 Å². The number of carbonyl (C=O) groups excluding carboxylic acids is 2. The minimum absolute atomic E-state index is 0.0417. The molecule has 0 unspecified atom stereocenters. The van der Waals surface area contributed by atoms with Gasteiger partial charge in [0.1, 0.15) is 0 Å². The number of nitrogens with zero attached hydrogens (tertiary/aromatic N) is 3. The van der Waals surface area contributed by atoms with Crippen LogP contribution < -0.4 is 5.32 Å². The lowest BCUT2D eigenvalue weighted by molar-refractivity contribution is -0.129. The second-order valence-electron chi connectivity index (χ2n) is 6.61. The number of aromatic nitrogens is 2. The third kappa shape index (κ3) is 4.59. The van der Waals surface area contributed by atoms with E-state index < -0.39 is 0 Å². The lowest BCUT2D eigenvalue weighted by Gasteiger charge is -2.16. The Labute approximate surface area is 163 Å². The van der Waals surface area contributed by atoms with E-state index in [0.717, 1.165) is 27.8 Å². The smallest absolute Gasteiger partial charge is 0.246 e. The zero-order valence-corrected chi connectivity index (χ0v) is 16.1. The van der Waals surface area contributed by atoms with Gasteiger partial charge in [0, 0.05) is 18.8 Å².